The normalized spacial score (nSPS) is 15.1. The van der Waals surface area contributed by atoms with Gasteiger partial charge in [-0.05, 0) is 43.2 Å². The van der Waals surface area contributed by atoms with Crippen molar-refractivity contribution in [3.8, 4) is 11.3 Å². The monoisotopic (exact) mass is 438 g/mol. The maximum atomic E-state index is 12.6. The quantitative estimate of drug-likeness (QED) is 0.616. The molecule has 0 unspecified atom stereocenters. The van der Waals surface area contributed by atoms with Gasteiger partial charge >= 0.3 is 0 Å². The van der Waals surface area contributed by atoms with Crippen molar-refractivity contribution >= 4 is 21.4 Å². The molecule has 1 aliphatic rings. The zero-order valence-corrected chi connectivity index (χ0v) is 18.2. The summed E-state index contributed by atoms with van der Waals surface area (Å²) in [4.78, 5) is 15.2. The molecule has 0 aliphatic carbocycles. The molecule has 0 bridgehead atoms. The summed E-state index contributed by atoms with van der Waals surface area (Å²) < 4.78 is 23.9. The average Bonchev–Trinajstić information content (AvgIpc) is 3.31. The van der Waals surface area contributed by atoms with Crippen molar-refractivity contribution in [3.63, 3.8) is 0 Å². The van der Waals surface area contributed by atoms with E-state index < -0.39 is 9.84 Å². The van der Waals surface area contributed by atoms with Crippen LogP contribution in [0.25, 0.3) is 11.3 Å². The molecule has 7 nitrogen and oxygen atoms in total. The molecule has 8 heteroatoms. The number of nitrogens with one attached hydrogen (secondary N) is 2. The number of H-pyrrole nitrogens is 1. The maximum absolute atomic E-state index is 12.6. The van der Waals surface area contributed by atoms with E-state index in [4.69, 9.17) is 0 Å². The van der Waals surface area contributed by atoms with Crippen molar-refractivity contribution in [1.82, 2.24) is 15.5 Å². The average molecular weight is 439 g/mol. The number of sulfone groups is 1. The van der Waals surface area contributed by atoms with Crippen LogP contribution < -0.4 is 10.2 Å². The van der Waals surface area contributed by atoms with Crippen molar-refractivity contribution in [3.05, 3.63) is 66.4 Å². The summed E-state index contributed by atoms with van der Waals surface area (Å²) in [6.07, 6.45) is 1.64. The van der Waals surface area contributed by atoms with Crippen molar-refractivity contribution in [2.24, 2.45) is 0 Å². The van der Waals surface area contributed by atoms with E-state index in [2.05, 4.69) is 20.4 Å². The third-order valence-electron chi connectivity index (χ3n) is 5.66. The predicted molar refractivity (Wildman–Crippen MR) is 121 cm³/mol. The highest BCUT2D eigenvalue weighted by molar-refractivity contribution is 7.91. The number of benzene rings is 2. The molecule has 3 aromatic rings. The number of aromatic nitrogens is 2. The molecule has 2 aromatic carbocycles. The van der Waals surface area contributed by atoms with Gasteiger partial charge in [-0.1, -0.05) is 37.3 Å². The standard InChI is InChI=1S/C23H26N4O3S/c1-2-31(29,30)20-10-8-19(9-11-20)27-14-12-18(13-15-27)24-23(28)22-16-21(25-26-22)17-6-4-3-5-7-17/h3-11,16,18H,2,12-15H2,1H3,(H,24,28)(H,25,26). The first-order valence-corrected chi connectivity index (χ1v) is 12.1. The molecule has 2 heterocycles. The second-order valence-electron chi connectivity index (χ2n) is 7.66. The number of anilines is 1. The molecule has 1 aliphatic heterocycles. The fourth-order valence-corrected chi connectivity index (χ4v) is 4.66. The van der Waals surface area contributed by atoms with Gasteiger partial charge in [0, 0.05) is 30.4 Å². The summed E-state index contributed by atoms with van der Waals surface area (Å²) in [6.45, 7) is 3.24. The molecule has 162 valence electrons. The minimum atomic E-state index is -3.18. The lowest BCUT2D eigenvalue weighted by Gasteiger charge is -2.34. The maximum Gasteiger partial charge on any atom is 0.269 e. The van der Waals surface area contributed by atoms with Crippen LogP contribution in [0.2, 0.25) is 0 Å². The second-order valence-corrected chi connectivity index (χ2v) is 9.94. The Balaban J connectivity index is 1.32. The number of hydrogen-bond donors (Lipinski definition) is 2. The molecule has 0 atom stereocenters. The van der Waals surface area contributed by atoms with E-state index in [1.807, 2.05) is 42.5 Å². The minimum Gasteiger partial charge on any atom is -0.371 e. The molecular weight excluding hydrogens is 412 g/mol. The summed E-state index contributed by atoms with van der Waals surface area (Å²) in [6, 6.07) is 18.6. The number of hydrogen-bond acceptors (Lipinski definition) is 5. The van der Waals surface area contributed by atoms with Crippen molar-refractivity contribution in [2.45, 2.75) is 30.7 Å². The lowest BCUT2D eigenvalue weighted by molar-refractivity contribution is 0.0926. The first-order valence-electron chi connectivity index (χ1n) is 10.5. The highest BCUT2D eigenvalue weighted by atomic mass is 32.2. The highest BCUT2D eigenvalue weighted by Crippen LogP contribution is 2.23. The van der Waals surface area contributed by atoms with Crippen LogP contribution >= 0.6 is 0 Å². The Kier molecular flexibility index (Phi) is 6.08. The van der Waals surface area contributed by atoms with Crippen molar-refractivity contribution in [1.29, 1.82) is 0 Å². The van der Waals surface area contributed by atoms with Gasteiger partial charge in [0.05, 0.1) is 16.3 Å². The zero-order chi connectivity index (χ0) is 21.8. The van der Waals surface area contributed by atoms with E-state index in [1.54, 1.807) is 25.1 Å². The summed E-state index contributed by atoms with van der Waals surface area (Å²) >= 11 is 0. The van der Waals surface area contributed by atoms with Gasteiger partial charge in [-0.2, -0.15) is 5.10 Å². The third kappa shape index (κ3) is 4.80. The first-order chi connectivity index (χ1) is 15.0. The van der Waals surface area contributed by atoms with Gasteiger partial charge in [0.15, 0.2) is 9.84 Å². The molecule has 4 rings (SSSR count). The number of rotatable bonds is 6. The largest absolute Gasteiger partial charge is 0.371 e. The lowest BCUT2D eigenvalue weighted by Crippen LogP contribution is -2.44. The van der Waals surface area contributed by atoms with Gasteiger partial charge in [0.2, 0.25) is 0 Å². The molecule has 0 radical (unpaired) electrons. The van der Waals surface area contributed by atoms with Gasteiger partial charge in [-0.3, -0.25) is 9.89 Å². The summed E-state index contributed by atoms with van der Waals surface area (Å²) in [5, 5.41) is 10.2. The van der Waals surface area contributed by atoms with Crippen LogP contribution in [0.15, 0.2) is 65.6 Å². The molecule has 0 saturated carbocycles. The molecule has 0 spiro atoms. The summed E-state index contributed by atoms with van der Waals surface area (Å²) in [5.74, 6) is -0.0529. The van der Waals surface area contributed by atoms with Gasteiger partial charge in [0.1, 0.15) is 5.69 Å². The SMILES string of the molecule is CCS(=O)(=O)c1ccc(N2CCC(NC(=O)c3cc(-c4ccccc4)n[nH]3)CC2)cc1. The van der Waals surface area contributed by atoms with E-state index in [9.17, 15) is 13.2 Å². The van der Waals surface area contributed by atoms with Crippen LogP contribution in [0.5, 0.6) is 0 Å². The van der Waals surface area contributed by atoms with E-state index >= 15 is 0 Å². The van der Waals surface area contributed by atoms with E-state index in [0.717, 1.165) is 42.9 Å². The van der Waals surface area contributed by atoms with Crippen LogP contribution in [0, 0.1) is 0 Å². The number of aromatic amines is 1. The number of carbonyl (C=O) groups excluding carboxylic acids is 1. The Morgan fingerprint density at radius 1 is 1.10 bits per heavy atom. The van der Waals surface area contributed by atoms with Gasteiger partial charge in [0.25, 0.3) is 5.91 Å². The Morgan fingerprint density at radius 3 is 2.42 bits per heavy atom. The minimum absolute atomic E-state index is 0.0898. The molecule has 2 N–H and O–H groups in total. The fourth-order valence-electron chi connectivity index (χ4n) is 3.77. The number of nitrogens with zero attached hydrogens (tertiary/aromatic N) is 2. The summed E-state index contributed by atoms with van der Waals surface area (Å²) in [5.41, 5.74) is 3.16. The molecular formula is C23H26N4O3S. The molecule has 1 amide bonds. The van der Waals surface area contributed by atoms with Crippen LogP contribution in [-0.2, 0) is 9.84 Å². The van der Waals surface area contributed by atoms with Crippen LogP contribution in [0.4, 0.5) is 5.69 Å². The smallest absolute Gasteiger partial charge is 0.269 e. The molecule has 1 saturated heterocycles. The summed E-state index contributed by atoms with van der Waals surface area (Å²) in [7, 11) is -3.18. The number of amides is 1. The van der Waals surface area contributed by atoms with Crippen molar-refractivity contribution < 1.29 is 13.2 Å². The lowest BCUT2D eigenvalue weighted by atomic mass is 10.0. The molecule has 31 heavy (non-hydrogen) atoms. The van der Waals surface area contributed by atoms with Gasteiger partial charge in [-0.25, -0.2) is 8.42 Å². The molecule has 1 aromatic heterocycles. The highest BCUT2D eigenvalue weighted by Gasteiger charge is 2.22. The van der Waals surface area contributed by atoms with E-state index in [1.165, 1.54) is 0 Å². The van der Waals surface area contributed by atoms with Crippen molar-refractivity contribution in [2.75, 3.05) is 23.7 Å². The Hall–Kier alpha value is -3.13. The first kappa shape index (κ1) is 21.1. The Morgan fingerprint density at radius 2 is 1.77 bits per heavy atom. The predicted octanol–water partition coefficient (Wildman–Crippen LogP) is 3.27. The Bertz CT molecular complexity index is 1130. The number of piperidine rings is 1. The zero-order valence-electron chi connectivity index (χ0n) is 17.4. The molecule has 1 fully saturated rings. The second kappa shape index (κ2) is 8.93. The fraction of sp³-hybridized carbons (Fsp3) is 0.304. The number of carbonyl (C=O) groups is 1. The van der Waals surface area contributed by atoms with Crippen LogP contribution in [0.3, 0.4) is 0 Å². The van der Waals surface area contributed by atoms with Crippen LogP contribution in [0.1, 0.15) is 30.3 Å². The topological polar surface area (TPSA) is 95.2 Å². The third-order valence-corrected chi connectivity index (χ3v) is 7.41. The van der Waals surface area contributed by atoms with E-state index in [-0.39, 0.29) is 17.7 Å². The Labute approximate surface area is 182 Å². The van der Waals surface area contributed by atoms with E-state index in [0.29, 0.717) is 10.6 Å². The van der Waals surface area contributed by atoms with Gasteiger partial charge in [-0.15, -0.1) is 0 Å². The van der Waals surface area contributed by atoms with Gasteiger partial charge < -0.3 is 10.2 Å². The van der Waals surface area contributed by atoms with Crippen LogP contribution in [-0.4, -0.2) is 49.4 Å².